The zero-order chi connectivity index (χ0) is 24.8. The standard InChI is InChI=1S/C27H28BrF4N3/c28-21-8-11-26(35(15-13-27(30,31)32)14-12-19-4-2-1-3-5-19)25(16-21)34-18-33-22-9-10-23(20-6-7-20)24(29)17-22/h1-5,8-11,16-17,20,33-34H,6-7,12-15,18H2. The summed E-state index contributed by atoms with van der Waals surface area (Å²) in [6.45, 7) is 0.586. The molecule has 0 spiro atoms. The first-order chi connectivity index (χ1) is 16.8. The van der Waals surface area contributed by atoms with Crippen molar-refractivity contribution in [2.24, 2.45) is 0 Å². The predicted molar refractivity (Wildman–Crippen MR) is 138 cm³/mol. The lowest BCUT2D eigenvalue weighted by Gasteiger charge is -2.28. The fourth-order valence-corrected chi connectivity index (χ4v) is 4.41. The van der Waals surface area contributed by atoms with E-state index in [0.29, 0.717) is 35.9 Å². The molecule has 3 aromatic rings. The summed E-state index contributed by atoms with van der Waals surface area (Å²) >= 11 is 3.46. The van der Waals surface area contributed by atoms with Gasteiger partial charge in [0, 0.05) is 23.2 Å². The van der Waals surface area contributed by atoms with Gasteiger partial charge in [-0.3, -0.25) is 0 Å². The number of hydrogen-bond acceptors (Lipinski definition) is 3. The van der Waals surface area contributed by atoms with Gasteiger partial charge in [0.2, 0.25) is 0 Å². The van der Waals surface area contributed by atoms with Crippen molar-refractivity contribution in [1.29, 1.82) is 0 Å². The van der Waals surface area contributed by atoms with Crippen LogP contribution in [-0.2, 0) is 6.42 Å². The van der Waals surface area contributed by atoms with Gasteiger partial charge in [0.25, 0.3) is 0 Å². The van der Waals surface area contributed by atoms with Gasteiger partial charge in [-0.25, -0.2) is 4.39 Å². The molecule has 2 N–H and O–H groups in total. The lowest BCUT2D eigenvalue weighted by Crippen LogP contribution is -2.31. The molecule has 1 aliphatic rings. The van der Waals surface area contributed by atoms with Crippen molar-refractivity contribution < 1.29 is 17.6 Å². The van der Waals surface area contributed by atoms with Crippen molar-refractivity contribution >= 4 is 33.0 Å². The smallest absolute Gasteiger partial charge is 0.369 e. The highest BCUT2D eigenvalue weighted by molar-refractivity contribution is 9.10. The molecule has 0 heterocycles. The predicted octanol–water partition coefficient (Wildman–Crippen LogP) is 7.95. The van der Waals surface area contributed by atoms with E-state index in [-0.39, 0.29) is 19.0 Å². The van der Waals surface area contributed by atoms with Crippen LogP contribution in [-0.4, -0.2) is 25.9 Å². The van der Waals surface area contributed by atoms with Crippen LogP contribution < -0.4 is 15.5 Å². The maximum absolute atomic E-state index is 14.4. The van der Waals surface area contributed by atoms with Gasteiger partial charge in [-0.1, -0.05) is 52.3 Å². The molecule has 0 atom stereocenters. The molecule has 0 amide bonds. The van der Waals surface area contributed by atoms with E-state index in [4.69, 9.17) is 0 Å². The number of nitrogens with one attached hydrogen (secondary N) is 2. The molecule has 0 unspecified atom stereocenters. The molecule has 1 saturated carbocycles. The Balaban J connectivity index is 1.46. The van der Waals surface area contributed by atoms with E-state index in [9.17, 15) is 17.6 Å². The first-order valence-corrected chi connectivity index (χ1v) is 12.5. The first-order valence-electron chi connectivity index (χ1n) is 11.7. The molecule has 186 valence electrons. The van der Waals surface area contributed by atoms with Gasteiger partial charge in [-0.15, -0.1) is 0 Å². The topological polar surface area (TPSA) is 27.3 Å². The number of rotatable bonds is 11. The summed E-state index contributed by atoms with van der Waals surface area (Å²) in [5.41, 5.74) is 3.85. The third-order valence-corrected chi connectivity index (χ3v) is 6.56. The molecule has 35 heavy (non-hydrogen) atoms. The zero-order valence-electron chi connectivity index (χ0n) is 19.2. The molecule has 1 aliphatic carbocycles. The second-order valence-corrected chi connectivity index (χ2v) is 9.71. The molecule has 3 aromatic carbocycles. The van der Waals surface area contributed by atoms with E-state index >= 15 is 0 Å². The van der Waals surface area contributed by atoms with Crippen LogP contribution >= 0.6 is 15.9 Å². The third-order valence-electron chi connectivity index (χ3n) is 6.07. The van der Waals surface area contributed by atoms with Crippen molar-refractivity contribution in [3.8, 4) is 0 Å². The Hall–Kier alpha value is -2.74. The lowest BCUT2D eigenvalue weighted by molar-refractivity contribution is -0.132. The van der Waals surface area contributed by atoms with Gasteiger partial charge >= 0.3 is 6.18 Å². The van der Waals surface area contributed by atoms with Crippen LogP contribution in [0.15, 0.2) is 71.2 Å². The minimum atomic E-state index is -4.24. The number of halogens is 5. The zero-order valence-corrected chi connectivity index (χ0v) is 20.8. The Morgan fingerprint density at radius 3 is 2.37 bits per heavy atom. The fraction of sp³-hybridized carbons (Fsp3) is 0.333. The fourth-order valence-electron chi connectivity index (χ4n) is 4.05. The van der Waals surface area contributed by atoms with Gasteiger partial charge in [-0.05, 0) is 66.6 Å². The van der Waals surface area contributed by atoms with Crippen molar-refractivity contribution in [1.82, 2.24) is 0 Å². The number of nitrogens with zero attached hydrogens (tertiary/aromatic N) is 1. The molecule has 0 bridgehead atoms. The van der Waals surface area contributed by atoms with Crippen molar-refractivity contribution in [3.05, 3.63) is 88.1 Å². The first kappa shape index (κ1) is 25.4. The molecule has 0 saturated heterocycles. The summed E-state index contributed by atoms with van der Waals surface area (Å²) in [6.07, 6.45) is -2.45. The SMILES string of the molecule is Fc1cc(NCNc2cc(Br)ccc2N(CCc2ccccc2)CCC(F)(F)F)ccc1C1CC1. The third kappa shape index (κ3) is 7.62. The average molecular weight is 550 g/mol. The van der Waals surface area contributed by atoms with Crippen LogP contribution in [0.2, 0.25) is 0 Å². The second-order valence-electron chi connectivity index (χ2n) is 8.79. The second kappa shape index (κ2) is 11.3. The summed E-state index contributed by atoms with van der Waals surface area (Å²) in [6, 6.07) is 20.4. The normalized spacial score (nSPS) is 13.5. The highest BCUT2D eigenvalue weighted by atomic mass is 79.9. The van der Waals surface area contributed by atoms with E-state index in [1.165, 1.54) is 6.07 Å². The van der Waals surface area contributed by atoms with Gasteiger partial charge in [0.05, 0.1) is 24.5 Å². The molecule has 0 aromatic heterocycles. The van der Waals surface area contributed by atoms with Crippen LogP contribution in [0.4, 0.5) is 34.6 Å². The van der Waals surface area contributed by atoms with E-state index < -0.39 is 12.6 Å². The summed E-state index contributed by atoms with van der Waals surface area (Å²) in [5, 5.41) is 6.42. The number of anilines is 3. The molecule has 8 heteroatoms. The minimum Gasteiger partial charge on any atom is -0.369 e. The van der Waals surface area contributed by atoms with Crippen molar-refractivity contribution in [2.45, 2.75) is 37.8 Å². The number of hydrogen-bond donors (Lipinski definition) is 2. The van der Waals surface area contributed by atoms with Crippen LogP contribution in [0.3, 0.4) is 0 Å². The van der Waals surface area contributed by atoms with Crippen LogP contribution in [0.1, 0.15) is 36.3 Å². The number of alkyl halides is 3. The molecule has 0 aliphatic heterocycles. The van der Waals surface area contributed by atoms with Crippen LogP contribution in [0, 0.1) is 5.82 Å². The summed E-state index contributed by atoms with van der Waals surface area (Å²) in [7, 11) is 0. The average Bonchev–Trinajstić information content (AvgIpc) is 3.65. The van der Waals surface area contributed by atoms with Gasteiger partial charge in [-0.2, -0.15) is 13.2 Å². The Morgan fingerprint density at radius 1 is 0.914 bits per heavy atom. The molecular formula is C27H28BrF4N3. The quantitative estimate of drug-likeness (QED) is 0.188. The van der Waals surface area contributed by atoms with Gasteiger partial charge in [0.15, 0.2) is 0 Å². The van der Waals surface area contributed by atoms with Gasteiger partial charge in [0.1, 0.15) is 5.82 Å². The summed E-state index contributed by atoms with van der Waals surface area (Å²) in [4.78, 5) is 1.76. The van der Waals surface area contributed by atoms with Gasteiger partial charge < -0.3 is 15.5 Å². The largest absolute Gasteiger partial charge is 0.390 e. The summed E-state index contributed by atoms with van der Waals surface area (Å²) in [5.74, 6) is 0.129. The molecular weight excluding hydrogens is 522 g/mol. The van der Waals surface area contributed by atoms with Crippen LogP contribution in [0.5, 0.6) is 0 Å². The molecule has 4 rings (SSSR count). The molecule has 1 fully saturated rings. The molecule has 3 nitrogen and oxygen atoms in total. The van der Waals surface area contributed by atoms with Crippen molar-refractivity contribution in [2.75, 3.05) is 35.3 Å². The minimum absolute atomic E-state index is 0.145. The Kier molecular flexibility index (Phi) is 8.21. The highest BCUT2D eigenvalue weighted by Crippen LogP contribution is 2.41. The highest BCUT2D eigenvalue weighted by Gasteiger charge is 2.28. The van der Waals surface area contributed by atoms with E-state index in [0.717, 1.165) is 28.4 Å². The summed E-state index contributed by atoms with van der Waals surface area (Å²) < 4.78 is 54.4. The van der Waals surface area contributed by atoms with E-state index in [1.807, 2.05) is 60.7 Å². The number of benzene rings is 3. The maximum atomic E-state index is 14.4. The lowest BCUT2D eigenvalue weighted by atomic mass is 10.1. The Bertz CT molecular complexity index is 1120. The maximum Gasteiger partial charge on any atom is 0.390 e. The monoisotopic (exact) mass is 549 g/mol. The van der Waals surface area contributed by atoms with Crippen molar-refractivity contribution in [3.63, 3.8) is 0 Å². The Labute approximate surface area is 211 Å². The Morgan fingerprint density at radius 2 is 1.69 bits per heavy atom. The molecule has 0 radical (unpaired) electrons. The van der Waals surface area contributed by atoms with E-state index in [1.54, 1.807) is 4.90 Å². The van der Waals surface area contributed by atoms with E-state index in [2.05, 4.69) is 26.6 Å². The van der Waals surface area contributed by atoms with Crippen LogP contribution in [0.25, 0.3) is 0 Å².